The lowest BCUT2D eigenvalue weighted by atomic mass is 9.89. The standard InChI is InChI=1S/C17H29N5O2/c1-12(2)21-9-7-13(8-10-21)18-14-5-3-4-6-16(14)22-11-15(17(23)24)19-20-22/h11-14,16,18H,3-10H2,1-2H3,(H,23,24)/t14-,16+/m1/s1. The van der Waals surface area contributed by atoms with Gasteiger partial charge in [0.25, 0.3) is 0 Å². The Bertz CT molecular complexity index is 551. The van der Waals surface area contributed by atoms with E-state index in [1.807, 2.05) is 0 Å². The Hall–Kier alpha value is -1.47. The monoisotopic (exact) mass is 335 g/mol. The summed E-state index contributed by atoms with van der Waals surface area (Å²) < 4.78 is 1.77. The van der Waals surface area contributed by atoms with Crippen molar-refractivity contribution in [2.75, 3.05) is 13.1 Å². The van der Waals surface area contributed by atoms with Gasteiger partial charge < -0.3 is 15.3 Å². The highest BCUT2D eigenvalue weighted by molar-refractivity contribution is 5.84. The van der Waals surface area contributed by atoms with Crippen LogP contribution in [0.3, 0.4) is 0 Å². The van der Waals surface area contributed by atoms with Crippen LogP contribution in [0, 0.1) is 0 Å². The van der Waals surface area contributed by atoms with Gasteiger partial charge in [0.2, 0.25) is 0 Å². The number of aromatic nitrogens is 3. The molecule has 3 rings (SSSR count). The number of hydrogen-bond donors (Lipinski definition) is 2. The van der Waals surface area contributed by atoms with Crippen LogP contribution in [0.1, 0.15) is 68.9 Å². The van der Waals surface area contributed by atoms with Crippen LogP contribution >= 0.6 is 0 Å². The van der Waals surface area contributed by atoms with Crippen molar-refractivity contribution in [2.24, 2.45) is 0 Å². The van der Waals surface area contributed by atoms with E-state index in [4.69, 9.17) is 5.11 Å². The average Bonchev–Trinajstić information content (AvgIpc) is 3.06. The minimum atomic E-state index is -1.01. The molecule has 1 aliphatic carbocycles. The van der Waals surface area contributed by atoms with Gasteiger partial charge in [0.15, 0.2) is 5.69 Å². The molecule has 0 amide bonds. The van der Waals surface area contributed by atoms with E-state index >= 15 is 0 Å². The van der Waals surface area contributed by atoms with E-state index in [1.54, 1.807) is 10.9 Å². The minimum absolute atomic E-state index is 0.0320. The van der Waals surface area contributed by atoms with E-state index in [0.717, 1.165) is 32.4 Å². The molecule has 0 unspecified atom stereocenters. The van der Waals surface area contributed by atoms with Gasteiger partial charge in [-0.2, -0.15) is 0 Å². The van der Waals surface area contributed by atoms with E-state index in [0.29, 0.717) is 18.1 Å². The van der Waals surface area contributed by atoms with Crippen molar-refractivity contribution in [2.45, 2.75) is 76.5 Å². The number of carbonyl (C=O) groups is 1. The fourth-order valence-electron chi connectivity index (χ4n) is 4.04. The number of likely N-dealkylation sites (tertiary alicyclic amines) is 1. The summed E-state index contributed by atoms with van der Waals surface area (Å²) in [5.74, 6) is -1.01. The number of carboxylic acid groups (broad SMARTS) is 1. The Morgan fingerprint density at radius 1 is 1.25 bits per heavy atom. The second kappa shape index (κ2) is 7.61. The van der Waals surface area contributed by atoms with Crippen molar-refractivity contribution in [1.82, 2.24) is 25.2 Å². The summed E-state index contributed by atoms with van der Waals surface area (Å²) in [5, 5.41) is 20.8. The molecule has 7 heteroatoms. The second-order valence-corrected chi connectivity index (χ2v) is 7.42. The molecule has 0 radical (unpaired) electrons. The third kappa shape index (κ3) is 3.95. The van der Waals surface area contributed by atoms with Gasteiger partial charge in [0, 0.05) is 18.1 Å². The molecule has 2 N–H and O–H groups in total. The molecule has 1 aromatic rings. The highest BCUT2D eigenvalue weighted by Crippen LogP contribution is 2.29. The quantitative estimate of drug-likeness (QED) is 0.855. The maximum Gasteiger partial charge on any atom is 0.358 e. The van der Waals surface area contributed by atoms with Crippen molar-refractivity contribution in [1.29, 1.82) is 0 Å². The Morgan fingerprint density at radius 2 is 1.96 bits per heavy atom. The molecule has 24 heavy (non-hydrogen) atoms. The van der Waals surface area contributed by atoms with Crippen LogP contribution in [0.25, 0.3) is 0 Å². The molecule has 1 aromatic heterocycles. The Kier molecular flexibility index (Phi) is 5.50. The average molecular weight is 335 g/mol. The summed E-state index contributed by atoms with van der Waals surface area (Å²) in [6, 6.07) is 1.74. The molecule has 1 aliphatic heterocycles. The number of piperidine rings is 1. The van der Waals surface area contributed by atoms with Gasteiger partial charge >= 0.3 is 5.97 Å². The molecule has 2 atom stereocenters. The van der Waals surface area contributed by atoms with Crippen LogP contribution in [0.15, 0.2) is 6.20 Å². The molecule has 2 aliphatic rings. The number of carboxylic acids is 1. The Balaban J connectivity index is 1.61. The predicted octanol–water partition coefficient (Wildman–Crippen LogP) is 1.92. The first-order valence-electron chi connectivity index (χ1n) is 9.20. The first kappa shape index (κ1) is 17.4. The van der Waals surface area contributed by atoms with Gasteiger partial charge in [-0.1, -0.05) is 18.1 Å². The third-order valence-electron chi connectivity index (χ3n) is 5.51. The van der Waals surface area contributed by atoms with Gasteiger partial charge in [0.1, 0.15) is 0 Å². The summed E-state index contributed by atoms with van der Waals surface area (Å²) in [5.41, 5.74) is 0.0320. The van der Waals surface area contributed by atoms with E-state index in [1.165, 1.54) is 19.3 Å². The van der Waals surface area contributed by atoms with Crippen molar-refractivity contribution in [3.63, 3.8) is 0 Å². The molecule has 0 bridgehead atoms. The van der Waals surface area contributed by atoms with Gasteiger partial charge in [-0.15, -0.1) is 5.10 Å². The van der Waals surface area contributed by atoms with Crippen LogP contribution in [0.2, 0.25) is 0 Å². The fraction of sp³-hybridized carbons (Fsp3) is 0.824. The van der Waals surface area contributed by atoms with Gasteiger partial charge in [-0.3, -0.25) is 0 Å². The molecule has 0 aromatic carbocycles. The van der Waals surface area contributed by atoms with Crippen molar-refractivity contribution >= 4 is 5.97 Å². The van der Waals surface area contributed by atoms with Crippen LogP contribution in [0.4, 0.5) is 0 Å². The highest BCUT2D eigenvalue weighted by Gasteiger charge is 2.31. The molecule has 7 nitrogen and oxygen atoms in total. The normalized spacial score (nSPS) is 26.8. The minimum Gasteiger partial charge on any atom is -0.476 e. The van der Waals surface area contributed by atoms with E-state index in [2.05, 4.69) is 34.4 Å². The molecule has 1 saturated heterocycles. The SMILES string of the molecule is CC(C)N1CCC(N[C@@H]2CCCC[C@@H]2n2cc(C(=O)O)nn2)CC1. The summed E-state index contributed by atoms with van der Waals surface area (Å²) in [7, 11) is 0. The van der Waals surface area contributed by atoms with Crippen LogP contribution < -0.4 is 5.32 Å². The van der Waals surface area contributed by atoms with Gasteiger partial charge in [0.05, 0.1) is 12.2 Å². The summed E-state index contributed by atoms with van der Waals surface area (Å²) in [6.07, 6.45) is 8.48. The first-order valence-corrected chi connectivity index (χ1v) is 9.20. The fourth-order valence-corrected chi connectivity index (χ4v) is 4.04. The van der Waals surface area contributed by atoms with E-state index in [-0.39, 0.29) is 11.7 Å². The number of aromatic carboxylic acids is 1. The number of hydrogen-bond acceptors (Lipinski definition) is 5. The van der Waals surface area contributed by atoms with E-state index in [9.17, 15) is 4.79 Å². The Morgan fingerprint density at radius 3 is 2.58 bits per heavy atom. The lowest BCUT2D eigenvalue weighted by Crippen LogP contribution is -2.50. The van der Waals surface area contributed by atoms with Crippen LogP contribution in [-0.4, -0.2) is 62.2 Å². The number of rotatable bonds is 5. The lowest BCUT2D eigenvalue weighted by Gasteiger charge is -2.39. The zero-order chi connectivity index (χ0) is 17.1. The van der Waals surface area contributed by atoms with Crippen molar-refractivity contribution < 1.29 is 9.90 Å². The van der Waals surface area contributed by atoms with Crippen molar-refractivity contribution in [3.05, 3.63) is 11.9 Å². The zero-order valence-corrected chi connectivity index (χ0v) is 14.7. The van der Waals surface area contributed by atoms with Crippen LogP contribution in [-0.2, 0) is 0 Å². The largest absolute Gasteiger partial charge is 0.476 e. The molecule has 2 heterocycles. The zero-order valence-electron chi connectivity index (χ0n) is 14.7. The molecular formula is C17H29N5O2. The summed E-state index contributed by atoms with van der Waals surface area (Å²) in [4.78, 5) is 13.6. The number of nitrogens with zero attached hydrogens (tertiary/aromatic N) is 4. The molecule has 0 spiro atoms. The highest BCUT2D eigenvalue weighted by atomic mass is 16.4. The smallest absolute Gasteiger partial charge is 0.358 e. The maximum atomic E-state index is 11.0. The van der Waals surface area contributed by atoms with Crippen molar-refractivity contribution in [3.8, 4) is 0 Å². The van der Waals surface area contributed by atoms with E-state index < -0.39 is 5.97 Å². The van der Waals surface area contributed by atoms with Crippen LogP contribution in [0.5, 0.6) is 0 Å². The molecule has 134 valence electrons. The lowest BCUT2D eigenvalue weighted by molar-refractivity contribution is 0.0690. The number of nitrogens with one attached hydrogen (secondary N) is 1. The predicted molar refractivity (Wildman–Crippen MR) is 91.1 cm³/mol. The summed E-state index contributed by atoms with van der Waals surface area (Å²) >= 11 is 0. The topological polar surface area (TPSA) is 83.3 Å². The van der Waals surface area contributed by atoms with Gasteiger partial charge in [-0.25, -0.2) is 9.48 Å². The molecule has 2 fully saturated rings. The summed E-state index contributed by atoms with van der Waals surface area (Å²) in [6.45, 7) is 6.82. The first-order chi connectivity index (χ1) is 11.5. The third-order valence-corrected chi connectivity index (χ3v) is 5.51. The molecular weight excluding hydrogens is 306 g/mol. The van der Waals surface area contributed by atoms with Gasteiger partial charge in [-0.05, 0) is 52.6 Å². The Labute approximate surface area is 143 Å². The maximum absolute atomic E-state index is 11.0. The second-order valence-electron chi connectivity index (χ2n) is 7.42. The molecule has 1 saturated carbocycles.